The van der Waals surface area contributed by atoms with Gasteiger partial charge in [-0.2, -0.15) is 0 Å². The first-order valence-electron chi connectivity index (χ1n) is 5.46. The fraction of sp³-hybridized carbons (Fsp3) is 0.154. The third kappa shape index (κ3) is 2.87. The largest absolute Gasteiger partial charge is 0.497 e. The molecule has 1 heterocycles. The van der Waals surface area contributed by atoms with Gasteiger partial charge in [0.1, 0.15) is 5.75 Å². The maximum atomic E-state index is 5.61. The minimum absolute atomic E-state index is 0.135. The van der Waals surface area contributed by atoms with Crippen LogP contribution in [-0.4, -0.2) is 12.1 Å². The summed E-state index contributed by atoms with van der Waals surface area (Å²) in [6.07, 6.45) is 1.75. The Morgan fingerprint density at radius 2 is 1.94 bits per heavy atom. The van der Waals surface area contributed by atoms with Gasteiger partial charge in [0.15, 0.2) is 0 Å². The number of hydrogen-bond donors (Lipinski definition) is 2. The highest BCUT2D eigenvalue weighted by atomic mass is 79.9. The Morgan fingerprint density at radius 1 is 1.22 bits per heavy atom. The van der Waals surface area contributed by atoms with E-state index in [1.165, 1.54) is 0 Å². The average molecular weight is 308 g/mol. The van der Waals surface area contributed by atoms with Gasteiger partial charge >= 0.3 is 0 Å². The van der Waals surface area contributed by atoms with Gasteiger partial charge < -0.3 is 4.74 Å². The molecule has 0 spiro atoms. The molecule has 1 atom stereocenters. The molecule has 3 N–H and O–H groups in total. The van der Waals surface area contributed by atoms with E-state index in [1.807, 2.05) is 36.4 Å². The van der Waals surface area contributed by atoms with E-state index in [1.54, 1.807) is 13.3 Å². The minimum atomic E-state index is -0.135. The van der Waals surface area contributed by atoms with Crippen molar-refractivity contribution in [2.75, 3.05) is 7.11 Å². The summed E-state index contributed by atoms with van der Waals surface area (Å²) >= 11 is 3.36. The van der Waals surface area contributed by atoms with Crippen molar-refractivity contribution < 1.29 is 4.74 Å². The number of halogens is 1. The van der Waals surface area contributed by atoms with Gasteiger partial charge in [-0.1, -0.05) is 12.1 Å². The maximum absolute atomic E-state index is 5.61. The van der Waals surface area contributed by atoms with Crippen molar-refractivity contribution in [3.63, 3.8) is 0 Å². The van der Waals surface area contributed by atoms with Crippen LogP contribution in [0.25, 0.3) is 0 Å². The second-order valence-corrected chi connectivity index (χ2v) is 4.69. The van der Waals surface area contributed by atoms with Crippen LogP contribution < -0.4 is 16.0 Å². The number of ether oxygens (including phenoxy) is 1. The Bertz CT molecular complexity index is 499. The van der Waals surface area contributed by atoms with Crippen LogP contribution in [0.1, 0.15) is 17.3 Å². The summed E-state index contributed by atoms with van der Waals surface area (Å²) in [7, 11) is 1.64. The van der Waals surface area contributed by atoms with E-state index in [4.69, 9.17) is 10.6 Å². The SMILES string of the molecule is COc1ccc(C(NN)c2ccc(Br)cn2)cc1. The average Bonchev–Trinajstić information content (AvgIpc) is 2.42. The number of nitrogens with two attached hydrogens (primary N) is 1. The smallest absolute Gasteiger partial charge is 0.118 e. The zero-order valence-electron chi connectivity index (χ0n) is 9.93. The molecule has 0 aliphatic carbocycles. The van der Waals surface area contributed by atoms with E-state index in [-0.39, 0.29) is 6.04 Å². The van der Waals surface area contributed by atoms with Crippen molar-refractivity contribution in [1.29, 1.82) is 0 Å². The Morgan fingerprint density at radius 3 is 2.44 bits per heavy atom. The maximum Gasteiger partial charge on any atom is 0.118 e. The lowest BCUT2D eigenvalue weighted by Crippen LogP contribution is -2.29. The van der Waals surface area contributed by atoms with E-state index in [2.05, 4.69) is 26.3 Å². The lowest BCUT2D eigenvalue weighted by Gasteiger charge is -2.16. The molecule has 94 valence electrons. The Kier molecular flexibility index (Phi) is 4.30. The number of aromatic nitrogens is 1. The van der Waals surface area contributed by atoms with Crippen molar-refractivity contribution >= 4 is 15.9 Å². The van der Waals surface area contributed by atoms with Crippen molar-refractivity contribution in [3.8, 4) is 5.75 Å². The van der Waals surface area contributed by atoms with Gasteiger partial charge in [0.25, 0.3) is 0 Å². The summed E-state index contributed by atoms with van der Waals surface area (Å²) in [6, 6.07) is 11.5. The Labute approximate surface area is 114 Å². The van der Waals surface area contributed by atoms with Crippen molar-refractivity contribution in [2.45, 2.75) is 6.04 Å². The van der Waals surface area contributed by atoms with Gasteiger partial charge in [0.2, 0.25) is 0 Å². The number of benzene rings is 1. The Balaban J connectivity index is 2.29. The molecule has 0 aliphatic rings. The molecule has 0 saturated heterocycles. The van der Waals surface area contributed by atoms with Gasteiger partial charge in [-0.3, -0.25) is 10.8 Å². The molecule has 0 fully saturated rings. The highest BCUT2D eigenvalue weighted by Crippen LogP contribution is 2.22. The second kappa shape index (κ2) is 5.95. The number of pyridine rings is 1. The molecule has 0 amide bonds. The molecule has 1 aromatic heterocycles. The molecule has 4 nitrogen and oxygen atoms in total. The zero-order valence-corrected chi connectivity index (χ0v) is 11.5. The third-order valence-corrected chi connectivity index (χ3v) is 3.13. The number of nitrogens with one attached hydrogen (secondary N) is 1. The van der Waals surface area contributed by atoms with Crippen LogP contribution in [0.2, 0.25) is 0 Å². The predicted molar refractivity (Wildman–Crippen MR) is 74.1 cm³/mol. The van der Waals surface area contributed by atoms with E-state index in [0.717, 1.165) is 21.5 Å². The molecule has 0 bridgehead atoms. The number of hydrogen-bond acceptors (Lipinski definition) is 4. The van der Waals surface area contributed by atoms with Crippen LogP contribution in [0, 0.1) is 0 Å². The first-order chi connectivity index (χ1) is 8.74. The lowest BCUT2D eigenvalue weighted by atomic mass is 10.0. The fourth-order valence-corrected chi connectivity index (χ4v) is 1.94. The predicted octanol–water partition coefficient (Wildman–Crippen LogP) is 2.41. The Hall–Kier alpha value is -1.43. The molecule has 0 saturated carbocycles. The number of nitrogens with zero attached hydrogens (tertiary/aromatic N) is 1. The molecule has 0 aliphatic heterocycles. The molecule has 1 unspecified atom stereocenters. The van der Waals surface area contributed by atoms with E-state index < -0.39 is 0 Å². The second-order valence-electron chi connectivity index (χ2n) is 3.77. The summed E-state index contributed by atoms with van der Waals surface area (Å²) in [4.78, 5) is 4.35. The van der Waals surface area contributed by atoms with Gasteiger partial charge in [-0.05, 0) is 45.8 Å². The number of hydrazine groups is 1. The van der Waals surface area contributed by atoms with Crippen LogP contribution in [0.4, 0.5) is 0 Å². The van der Waals surface area contributed by atoms with E-state index in [9.17, 15) is 0 Å². The monoisotopic (exact) mass is 307 g/mol. The van der Waals surface area contributed by atoms with Crippen molar-refractivity contribution in [2.24, 2.45) is 5.84 Å². The normalized spacial score (nSPS) is 12.2. The fourth-order valence-electron chi connectivity index (χ4n) is 1.71. The van der Waals surface area contributed by atoms with Crippen molar-refractivity contribution in [3.05, 3.63) is 58.3 Å². The van der Waals surface area contributed by atoms with E-state index >= 15 is 0 Å². The summed E-state index contributed by atoms with van der Waals surface area (Å²) in [5.41, 5.74) is 4.67. The number of rotatable bonds is 4. The summed E-state index contributed by atoms with van der Waals surface area (Å²) in [5.74, 6) is 6.43. The molecular formula is C13H14BrN3O. The standard InChI is InChI=1S/C13H14BrN3O/c1-18-11-5-2-9(3-6-11)13(17-15)12-7-4-10(14)8-16-12/h2-8,13,17H,15H2,1H3. The first-order valence-corrected chi connectivity index (χ1v) is 6.25. The molecular weight excluding hydrogens is 294 g/mol. The number of methoxy groups -OCH3 is 1. The van der Waals surface area contributed by atoms with Gasteiger partial charge in [0, 0.05) is 10.7 Å². The minimum Gasteiger partial charge on any atom is -0.497 e. The molecule has 2 aromatic rings. The van der Waals surface area contributed by atoms with Crippen LogP contribution in [-0.2, 0) is 0 Å². The lowest BCUT2D eigenvalue weighted by molar-refractivity contribution is 0.414. The highest BCUT2D eigenvalue weighted by Gasteiger charge is 2.13. The van der Waals surface area contributed by atoms with Gasteiger partial charge in [-0.25, -0.2) is 5.43 Å². The van der Waals surface area contributed by atoms with Gasteiger partial charge in [0.05, 0.1) is 18.8 Å². The molecule has 5 heteroatoms. The quantitative estimate of drug-likeness (QED) is 0.672. The van der Waals surface area contributed by atoms with Crippen LogP contribution >= 0.6 is 15.9 Å². The third-order valence-electron chi connectivity index (χ3n) is 2.66. The van der Waals surface area contributed by atoms with E-state index in [0.29, 0.717) is 0 Å². The zero-order chi connectivity index (χ0) is 13.0. The summed E-state index contributed by atoms with van der Waals surface area (Å²) < 4.78 is 6.07. The summed E-state index contributed by atoms with van der Waals surface area (Å²) in [5, 5.41) is 0. The van der Waals surface area contributed by atoms with Crippen molar-refractivity contribution in [1.82, 2.24) is 10.4 Å². The van der Waals surface area contributed by atoms with Gasteiger partial charge in [-0.15, -0.1) is 0 Å². The topological polar surface area (TPSA) is 60.2 Å². The van der Waals surface area contributed by atoms with Crippen LogP contribution in [0.5, 0.6) is 5.75 Å². The first kappa shape index (κ1) is 13.0. The van der Waals surface area contributed by atoms with Crippen LogP contribution in [0.3, 0.4) is 0 Å². The molecule has 2 rings (SSSR count). The van der Waals surface area contributed by atoms with Crippen LogP contribution in [0.15, 0.2) is 47.1 Å². The molecule has 1 aromatic carbocycles. The highest BCUT2D eigenvalue weighted by molar-refractivity contribution is 9.10. The molecule has 18 heavy (non-hydrogen) atoms. The molecule has 0 radical (unpaired) electrons. The summed E-state index contributed by atoms with van der Waals surface area (Å²) in [6.45, 7) is 0.